The van der Waals surface area contributed by atoms with Crippen LogP contribution in [-0.2, 0) is 4.74 Å². The Morgan fingerprint density at radius 1 is 1.25 bits per heavy atom. The zero-order valence-corrected chi connectivity index (χ0v) is 10.6. The summed E-state index contributed by atoms with van der Waals surface area (Å²) in [4.78, 5) is 2.61. The van der Waals surface area contributed by atoms with Crippen molar-refractivity contribution in [2.45, 2.75) is 38.2 Å². The van der Waals surface area contributed by atoms with Gasteiger partial charge in [0.15, 0.2) is 0 Å². The summed E-state index contributed by atoms with van der Waals surface area (Å²) in [5.41, 5.74) is 0. The molecule has 2 rings (SSSR count). The van der Waals surface area contributed by atoms with Crippen LogP contribution in [0.3, 0.4) is 0 Å². The highest BCUT2D eigenvalue weighted by Crippen LogP contribution is 2.24. The van der Waals surface area contributed by atoms with Crippen molar-refractivity contribution in [3.8, 4) is 0 Å². The first kappa shape index (κ1) is 12.3. The summed E-state index contributed by atoms with van der Waals surface area (Å²) in [6.45, 7) is 5.47. The topological polar surface area (TPSA) is 24.5 Å². The van der Waals surface area contributed by atoms with E-state index in [1.807, 2.05) is 7.05 Å². The average Bonchev–Trinajstić information content (AvgIpc) is 2.31. The highest BCUT2D eigenvalue weighted by Gasteiger charge is 2.23. The second kappa shape index (κ2) is 6.58. The van der Waals surface area contributed by atoms with Gasteiger partial charge in [-0.25, -0.2) is 0 Å². The Kier molecular flexibility index (Phi) is 5.07. The molecule has 0 spiro atoms. The highest BCUT2D eigenvalue weighted by molar-refractivity contribution is 4.76. The van der Waals surface area contributed by atoms with Crippen LogP contribution < -0.4 is 5.32 Å². The van der Waals surface area contributed by atoms with E-state index in [1.54, 1.807) is 0 Å². The van der Waals surface area contributed by atoms with Gasteiger partial charge in [-0.15, -0.1) is 0 Å². The SMILES string of the molecule is CNCC1CN(CC2CCCCC2)CCO1. The van der Waals surface area contributed by atoms with Crippen LogP contribution in [0.5, 0.6) is 0 Å². The number of nitrogens with zero attached hydrogens (tertiary/aromatic N) is 1. The maximum Gasteiger partial charge on any atom is 0.0826 e. The molecular weight excluding hydrogens is 200 g/mol. The summed E-state index contributed by atoms with van der Waals surface area (Å²) >= 11 is 0. The summed E-state index contributed by atoms with van der Waals surface area (Å²) in [6.07, 6.45) is 7.68. The van der Waals surface area contributed by atoms with Crippen LogP contribution in [0.2, 0.25) is 0 Å². The first-order valence-electron chi connectivity index (χ1n) is 6.87. The van der Waals surface area contributed by atoms with E-state index in [0.29, 0.717) is 6.10 Å². The largest absolute Gasteiger partial charge is 0.374 e. The maximum absolute atomic E-state index is 5.73. The molecule has 2 aliphatic rings. The van der Waals surface area contributed by atoms with E-state index >= 15 is 0 Å². The molecule has 1 unspecified atom stereocenters. The van der Waals surface area contributed by atoms with Gasteiger partial charge in [0, 0.05) is 26.2 Å². The van der Waals surface area contributed by atoms with Gasteiger partial charge >= 0.3 is 0 Å². The molecule has 94 valence electrons. The van der Waals surface area contributed by atoms with Gasteiger partial charge in [0.2, 0.25) is 0 Å². The summed E-state index contributed by atoms with van der Waals surface area (Å²) in [5, 5.41) is 3.21. The van der Waals surface area contributed by atoms with Crippen molar-refractivity contribution in [1.82, 2.24) is 10.2 Å². The summed E-state index contributed by atoms with van der Waals surface area (Å²) in [7, 11) is 2.00. The third kappa shape index (κ3) is 3.72. The van der Waals surface area contributed by atoms with Crippen molar-refractivity contribution in [3.05, 3.63) is 0 Å². The molecule has 3 nitrogen and oxygen atoms in total. The van der Waals surface area contributed by atoms with Crippen LogP contribution in [0.4, 0.5) is 0 Å². The number of hydrogen-bond acceptors (Lipinski definition) is 3. The Bertz CT molecular complexity index is 190. The molecule has 0 aromatic carbocycles. The predicted molar refractivity (Wildman–Crippen MR) is 66.7 cm³/mol. The van der Waals surface area contributed by atoms with E-state index in [2.05, 4.69) is 10.2 Å². The van der Waals surface area contributed by atoms with Crippen LogP contribution in [0, 0.1) is 5.92 Å². The van der Waals surface area contributed by atoms with E-state index in [9.17, 15) is 0 Å². The minimum absolute atomic E-state index is 0.405. The molecule has 16 heavy (non-hydrogen) atoms. The molecule has 0 bridgehead atoms. The van der Waals surface area contributed by atoms with Crippen molar-refractivity contribution < 1.29 is 4.74 Å². The first-order valence-corrected chi connectivity index (χ1v) is 6.87. The summed E-state index contributed by atoms with van der Waals surface area (Å²) in [5.74, 6) is 0.960. The third-order valence-corrected chi connectivity index (χ3v) is 3.90. The fourth-order valence-corrected chi connectivity index (χ4v) is 3.03. The molecule has 1 aliphatic heterocycles. The fraction of sp³-hybridized carbons (Fsp3) is 1.00. The predicted octanol–water partition coefficient (Wildman–Crippen LogP) is 1.49. The molecule has 1 saturated heterocycles. The number of ether oxygens (including phenoxy) is 1. The number of hydrogen-bond donors (Lipinski definition) is 1. The Morgan fingerprint density at radius 2 is 2.06 bits per heavy atom. The Morgan fingerprint density at radius 3 is 2.81 bits per heavy atom. The molecule has 0 amide bonds. The van der Waals surface area contributed by atoms with E-state index in [1.165, 1.54) is 38.6 Å². The van der Waals surface area contributed by atoms with Crippen molar-refractivity contribution >= 4 is 0 Å². The van der Waals surface area contributed by atoms with E-state index in [4.69, 9.17) is 4.74 Å². The summed E-state index contributed by atoms with van der Waals surface area (Å²) < 4.78 is 5.73. The zero-order valence-electron chi connectivity index (χ0n) is 10.6. The minimum atomic E-state index is 0.405. The molecule has 0 radical (unpaired) electrons. The molecule has 3 heteroatoms. The lowest BCUT2D eigenvalue weighted by Gasteiger charge is -2.36. The van der Waals surface area contributed by atoms with Crippen molar-refractivity contribution in [2.24, 2.45) is 5.92 Å². The van der Waals surface area contributed by atoms with E-state index < -0.39 is 0 Å². The van der Waals surface area contributed by atoms with Gasteiger partial charge in [0.25, 0.3) is 0 Å². The average molecular weight is 226 g/mol. The minimum Gasteiger partial charge on any atom is -0.374 e. The quantitative estimate of drug-likeness (QED) is 0.786. The van der Waals surface area contributed by atoms with Crippen LogP contribution in [0.1, 0.15) is 32.1 Å². The van der Waals surface area contributed by atoms with Gasteiger partial charge < -0.3 is 10.1 Å². The molecule has 1 atom stereocenters. The summed E-state index contributed by atoms with van der Waals surface area (Å²) in [6, 6.07) is 0. The van der Waals surface area contributed by atoms with Gasteiger partial charge in [-0.05, 0) is 25.8 Å². The van der Waals surface area contributed by atoms with Crippen molar-refractivity contribution in [2.75, 3.05) is 39.8 Å². The maximum atomic E-state index is 5.73. The highest BCUT2D eigenvalue weighted by atomic mass is 16.5. The normalized spacial score (nSPS) is 29.4. The number of likely N-dealkylation sites (N-methyl/N-ethyl adjacent to an activating group) is 1. The number of rotatable bonds is 4. The fourth-order valence-electron chi connectivity index (χ4n) is 3.03. The molecule has 0 aromatic rings. The van der Waals surface area contributed by atoms with E-state index in [0.717, 1.165) is 32.2 Å². The molecule has 1 saturated carbocycles. The lowest BCUT2D eigenvalue weighted by Crippen LogP contribution is -2.47. The van der Waals surface area contributed by atoms with Crippen LogP contribution in [-0.4, -0.2) is 50.8 Å². The molecule has 2 fully saturated rings. The van der Waals surface area contributed by atoms with Gasteiger partial charge in [0.05, 0.1) is 12.7 Å². The lowest BCUT2D eigenvalue weighted by molar-refractivity contribution is -0.0322. The van der Waals surface area contributed by atoms with Gasteiger partial charge in [-0.1, -0.05) is 19.3 Å². The number of nitrogens with one attached hydrogen (secondary N) is 1. The molecular formula is C13H26N2O. The van der Waals surface area contributed by atoms with Gasteiger partial charge in [0.1, 0.15) is 0 Å². The van der Waals surface area contributed by atoms with E-state index in [-0.39, 0.29) is 0 Å². The number of morpholine rings is 1. The van der Waals surface area contributed by atoms with Crippen LogP contribution >= 0.6 is 0 Å². The van der Waals surface area contributed by atoms with Crippen LogP contribution in [0.25, 0.3) is 0 Å². The Balaban J connectivity index is 1.71. The Hall–Kier alpha value is -0.120. The third-order valence-electron chi connectivity index (χ3n) is 3.90. The monoisotopic (exact) mass is 226 g/mol. The van der Waals surface area contributed by atoms with Crippen molar-refractivity contribution in [1.29, 1.82) is 0 Å². The smallest absolute Gasteiger partial charge is 0.0826 e. The second-order valence-corrected chi connectivity index (χ2v) is 5.31. The lowest BCUT2D eigenvalue weighted by atomic mass is 9.89. The molecule has 1 heterocycles. The first-order chi connectivity index (χ1) is 7.88. The Labute approximate surface area is 99.5 Å². The van der Waals surface area contributed by atoms with Gasteiger partial charge in [-0.3, -0.25) is 4.90 Å². The zero-order chi connectivity index (χ0) is 11.2. The van der Waals surface area contributed by atoms with Gasteiger partial charge in [-0.2, -0.15) is 0 Å². The van der Waals surface area contributed by atoms with Crippen molar-refractivity contribution in [3.63, 3.8) is 0 Å². The molecule has 0 aromatic heterocycles. The standard InChI is InChI=1S/C13H26N2O/c1-14-9-13-11-15(7-8-16-13)10-12-5-3-2-4-6-12/h12-14H,2-11H2,1H3. The molecule has 1 N–H and O–H groups in total. The second-order valence-electron chi connectivity index (χ2n) is 5.31. The van der Waals surface area contributed by atoms with Crippen LogP contribution in [0.15, 0.2) is 0 Å². The molecule has 1 aliphatic carbocycles.